The van der Waals surface area contributed by atoms with E-state index in [1.165, 1.54) is 9.82 Å². The van der Waals surface area contributed by atoms with Gasteiger partial charge in [0.1, 0.15) is 0 Å². The van der Waals surface area contributed by atoms with E-state index in [0.29, 0.717) is 19.4 Å². The van der Waals surface area contributed by atoms with Crippen LogP contribution >= 0.6 is 0 Å². The van der Waals surface area contributed by atoms with Crippen LogP contribution in [-0.4, -0.2) is 36.3 Å². The topological polar surface area (TPSA) is 71.4 Å². The first-order valence-electron chi connectivity index (χ1n) is 11.4. The summed E-state index contributed by atoms with van der Waals surface area (Å²) in [6.07, 6.45) is 1.33. The maximum atomic E-state index is 13.1. The van der Waals surface area contributed by atoms with Gasteiger partial charge in [0.2, 0.25) is 15.9 Å². The number of piperidine rings is 1. The van der Waals surface area contributed by atoms with Gasteiger partial charge < -0.3 is 9.88 Å². The molecule has 7 heteroatoms. The van der Waals surface area contributed by atoms with E-state index < -0.39 is 10.0 Å². The van der Waals surface area contributed by atoms with E-state index >= 15 is 0 Å². The number of fused-ring (bicyclic) bond motifs is 3. The predicted molar refractivity (Wildman–Crippen MR) is 132 cm³/mol. The minimum Gasteiger partial charge on any atom is -0.341 e. The van der Waals surface area contributed by atoms with Crippen LogP contribution < -0.4 is 5.32 Å². The number of aromatic nitrogens is 1. The molecule has 1 amide bonds. The summed E-state index contributed by atoms with van der Waals surface area (Å²) in [6.45, 7) is 3.62. The molecule has 4 aromatic rings. The fraction of sp³-hybridized carbons (Fsp3) is 0.269. The molecule has 170 valence electrons. The molecule has 0 unspecified atom stereocenters. The number of para-hydroxylation sites is 1. The van der Waals surface area contributed by atoms with Crippen LogP contribution in [-0.2, 0) is 21.4 Å². The third-order valence-corrected chi connectivity index (χ3v) is 8.37. The number of amides is 1. The van der Waals surface area contributed by atoms with Crippen molar-refractivity contribution < 1.29 is 13.2 Å². The van der Waals surface area contributed by atoms with Crippen molar-refractivity contribution in [2.24, 2.45) is 5.92 Å². The number of anilines is 1. The lowest BCUT2D eigenvalue weighted by atomic mass is 9.98. The third kappa shape index (κ3) is 3.92. The summed E-state index contributed by atoms with van der Waals surface area (Å²) in [5, 5.41) is 5.29. The van der Waals surface area contributed by atoms with Gasteiger partial charge in [-0.2, -0.15) is 4.31 Å². The molecule has 1 aliphatic rings. The van der Waals surface area contributed by atoms with Gasteiger partial charge in [0.25, 0.3) is 0 Å². The Hall–Kier alpha value is -3.16. The van der Waals surface area contributed by atoms with Crippen LogP contribution in [0.3, 0.4) is 0 Å². The molecule has 1 aliphatic heterocycles. The number of benzene rings is 3. The van der Waals surface area contributed by atoms with Crippen molar-refractivity contribution in [2.45, 2.75) is 31.2 Å². The SMILES string of the molecule is CCn1c2ccccc2c2cc(NC(=O)[C@H]3CCCN(S(=O)(=O)c4ccccc4)C3)ccc21. The highest BCUT2D eigenvalue weighted by molar-refractivity contribution is 7.89. The Bertz CT molecular complexity index is 1430. The molecule has 1 aromatic heterocycles. The molecule has 2 heterocycles. The number of sulfonamides is 1. The van der Waals surface area contributed by atoms with Crippen LogP contribution in [0, 0.1) is 5.92 Å². The maximum Gasteiger partial charge on any atom is 0.243 e. The Kier molecular flexibility index (Phi) is 5.68. The Morgan fingerprint density at radius 2 is 1.70 bits per heavy atom. The fourth-order valence-corrected chi connectivity index (χ4v) is 6.38. The summed E-state index contributed by atoms with van der Waals surface area (Å²) in [5.41, 5.74) is 3.04. The monoisotopic (exact) mass is 461 g/mol. The van der Waals surface area contributed by atoms with Crippen molar-refractivity contribution >= 4 is 43.4 Å². The standard InChI is InChI=1S/C26H27N3O3S/c1-2-29-24-13-7-6-12-22(24)23-17-20(14-15-25(23)29)27-26(30)19-9-8-16-28(18-19)33(31,32)21-10-4-3-5-11-21/h3-7,10-15,17,19H,2,8-9,16,18H2,1H3,(H,27,30)/t19-/m0/s1. The Morgan fingerprint density at radius 3 is 2.48 bits per heavy atom. The van der Waals surface area contributed by atoms with Crippen LogP contribution in [0.25, 0.3) is 21.8 Å². The van der Waals surface area contributed by atoms with Gasteiger partial charge in [0.15, 0.2) is 0 Å². The van der Waals surface area contributed by atoms with Gasteiger partial charge in [0.05, 0.1) is 10.8 Å². The van der Waals surface area contributed by atoms with E-state index in [-0.39, 0.29) is 23.3 Å². The van der Waals surface area contributed by atoms with E-state index in [1.807, 2.05) is 30.3 Å². The number of carbonyl (C=O) groups is 1. The van der Waals surface area contributed by atoms with Crippen molar-refractivity contribution in [3.8, 4) is 0 Å². The van der Waals surface area contributed by atoms with Crippen LogP contribution in [0.1, 0.15) is 19.8 Å². The molecule has 1 saturated heterocycles. The average molecular weight is 462 g/mol. The lowest BCUT2D eigenvalue weighted by Crippen LogP contribution is -2.43. The maximum absolute atomic E-state index is 13.1. The van der Waals surface area contributed by atoms with Gasteiger partial charge in [-0.1, -0.05) is 36.4 Å². The van der Waals surface area contributed by atoms with Gasteiger partial charge in [-0.15, -0.1) is 0 Å². The van der Waals surface area contributed by atoms with Gasteiger partial charge in [0, 0.05) is 47.1 Å². The summed E-state index contributed by atoms with van der Waals surface area (Å²) < 4.78 is 29.7. The molecular weight excluding hydrogens is 434 g/mol. The van der Waals surface area contributed by atoms with Crippen molar-refractivity contribution in [3.63, 3.8) is 0 Å². The number of nitrogens with one attached hydrogen (secondary N) is 1. The van der Waals surface area contributed by atoms with E-state index in [4.69, 9.17) is 0 Å². The molecule has 3 aromatic carbocycles. The summed E-state index contributed by atoms with van der Waals surface area (Å²) in [6, 6.07) is 22.7. The van der Waals surface area contributed by atoms with Crippen molar-refractivity contribution in [3.05, 3.63) is 72.8 Å². The van der Waals surface area contributed by atoms with Gasteiger partial charge >= 0.3 is 0 Å². The first-order valence-corrected chi connectivity index (χ1v) is 12.8. The first kappa shape index (κ1) is 21.7. The van der Waals surface area contributed by atoms with Crippen LogP contribution in [0.2, 0.25) is 0 Å². The molecule has 5 rings (SSSR count). The molecule has 0 aliphatic carbocycles. The number of hydrogen-bond donors (Lipinski definition) is 1. The molecule has 6 nitrogen and oxygen atoms in total. The Labute approximate surface area is 193 Å². The zero-order valence-electron chi connectivity index (χ0n) is 18.6. The number of hydrogen-bond acceptors (Lipinski definition) is 3. The molecule has 1 N–H and O–H groups in total. The summed E-state index contributed by atoms with van der Waals surface area (Å²) in [5.74, 6) is -0.522. The molecule has 0 saturated carbocycles. The molecule has 1 fully saturated rings. The van der Waals surface area contributed by atoms with Gasteiger partial charge in [-0.3, -0.25) is 4.79 Å². The number of carbonyl (C=O) groups excluding carboxylic acids is 1. The average Bonchev–Trinajstić information content (AvgIpc) is 3.17. The largest absolute Gasteiger partial charge is 0.341 e. The molecule has 0 spiro atoms. The van der Waals surface area contributed by atoms with Crippen molar-refractivity contribution in [2.75, 3.05) is 18.4 Å². The number of nitrogens with zero attached hydrogens (tertiary/aromatic N) is 2. The quantitative estimate of drug-likeness (QED) is 0.462. The van der Waals surface area contributed by atoms with Crippen molar-refractivity contribution in [1.29, 1.82) is 0 Å². The number of rotatable bonds is 5. The summed E-state index contributed by atoms with van der Waals surface area (Å²) in [7, 11) is -3.60. The smallest absolute Gasteiger partial charge is 0.243 e. The van der Waals surface area contributed by atoms with E-state index in [0.717, 1.165) is 28.5 Å². The Balaban J connectivity index is 1.38. The second-order valence-electron chi connectivity index (χ2n) is 8.50. The minimum absolute atomic E-state index is 0.137. The molecule has 33 heavy (non-hydrogen) atoms. The molecule has 0 bridgehead atoms. The zero-order valence-corrected chi connectivity index (χ0v) is 19.4. The Morgan fingerprint density at radius 1 is 0.970 bits per heavy atom. The normalized spacial score (nSPS) is 17.4. The van der Waals surface area contributed by atoms with Gasteiger partial charge in [-0.05, 0) is 56.2 Å². The highest BCUT2D eigenvalue weighted by Crippen LogP contribution is 2.31. The first-order chi connectivity index (χ1) is 16.0. The van der Waals surface area contributed by atoms with E-state index in [9.17, 15) is 13.2 Å². The van der Waals surface area contributed by atoms with Crippen molar-refractivity contribution in [1.82, 2.24) is 8.87 Å². The zero-order chi connectivity index (χ0) is 23.0. The van der Waals surface area contributed by atoms with Crippen LogP contribution in [0.5, 0.6) is 0 Å². The highest BCUT2D eigenvalue weighted by atomic mass is 32.2. The number of aryl methyl sites for hydroxylation is 1. The molecule has 1 atom stereocenters. The second-order valence-corrected chi connectivity index (χ2v) is 10.4. The molecule has 0 radical (unpaired) electrons. The van der Waals surface area contributed by atoms with E-state index in [1.54, 1.807) is 30.3 Å². The van der Waals surface area contributed by atoms with Gasteiger partial charge in [-0.25, -0.2) is 8.42 Å². The molecular formula is C26H27N3O3S. The van der Waals surface area contributed by atoms with Crippen LogP contribution in [0.15, 0.2) is 77.7 Å². The summed E-state index contributed by atoms with van der Waals surface area (Å²) in [4.78, 5) is 13.4. The highest BCUT2D eigenvalue weighted by Gasteiger charge is 2.33. The predicted octanol–water partition coefficient (Wildman–Crippen LogP) is 4.85. The fourth-order valence-electron chi connectivity index (χ4n) is 4.83. The minimum atomic E-state index is -3.60. The second kappa shape index (κ2) is 8.65. The van der Waals surface area contributed by atoms with Crippen LogP contribution in [0.4, 0.5) is 5.69 Å². The van der Waals surface area contributed by atoms with E-state index in [2.05, 4.69) is 28.9 Å². The lowest BCUT2D eigenvalue weighted by molar-refractivity contribution is -0.120. The summed E-state index contributed by atoms with van der Waals surface area (Å²) >= 11 is 0. The lowest BCUT2D eigenvalue weighted by Gasteiger charge is -2.31. The third-order valence-electron chi connectivity index (χ3n) is 6.49.